The summed E-state index contributed by atoms with van der Waals surface area (Å²) < 4.78 is 6.55. The highest BCUT2D eigenvalue weighted by Crippen LogP contribution is 2.25. The second-order valence-electron chi connectivity index (χ2n) is 4.87. The van der Waals surface area contributed by atoms with Gasteiger partial charge in [-0.15, -0.1) is 10.2 Å². The normalized spacial score (nSPS) is 10.4. The zero-order chi connectivity index (χ0) is 16.8. The molecule has 1 amide bonds. The van der Waals surface area contributed by atoms with Crippen LogP contribution in [0, 0.1) is 6.92 Å². The van der Waals surface area contributed by atoms with Gasteiger partial charge < -0.3 is 10.1 Å². The molecule has 1 aromatic heterocycles. The predicted octanol–water partition coefficient (Wildman–Crippen LogP) is 4.37. The van der Waals surface area contributed by atoms with E-state index in [1.165, 1.54) is 23.1 Å². The SMILES string of the molecule is Cc1nnc(SCC(=O)Nc2cccc(Oc3ccccc3)c2)s1. The summed E-state index contributed by atoms with van der Waals surface area (Å²) in [6, 6.07) is 16.8. The Morgan fingerprint density at radius 1 is 1.12 bits per heavy atom. The molecule has 0 radical (unpaired) electrons. The second kappa shape index (κ2) is 7.94. The molecule has 0 aliphatic heterocycles. The number of thioether (sulfide) groups is 1. The molecule has 7 heteroatoms. The standard InChI is InChI=1S/C17H15N3O2S2/c1-12-19-20-17(24-12)23-11-16(21)18-13-6-5-9-15(10-13)22-14-7-3-2-4-8-14/h2-10H,11H2,1H3,(H,18,21). The minimum Gasteiger partial charge on any atom is -0.457 e. The molecule has 0 saturated heterocycles. The van der Waals surface area contributed by atoms with E-state index in [1.807, 2.05) is 55.5 Å². The van der Waals surface area contributed by atoms with Gasteiger partial charge in [0.05, 0.1) is 5.75 Å². The van der Waals surface area contributed by atoms with Crippen LogP contribution in [0.15, 0.2) is 58.9 Å². The monoisotopic (exact) mass is 357 g/mol. The third-order valence-corrected chi connectivity index (χ3v) is 4.90. The Morgan fingerprint density at radius 3 is 2.67 bits per heavy atom. The van der Waals surface area contributed by atoms with Gasteiger partial charge in [-0.1, -0.05) is 47.4 Å². The third-order valence-electron chi connectivity index (χ3n) is 2.93. The Labute approximate surface area is 148 Å². The first-order chi connectivity index (χ1) is 11.7. The van der Waals surface area contributed by atoms with Crippen LogP contribution in [0.1, 0.15) is 5.01 Å². The molecule has 0 spiro atoms. The fraction of sp³-hybridized carbons (Fsp3) is 0.118. The Morgan fingerprint density at radius 2 is 1.92 bits per heavy atom. The molecule has 0 atom stereocenters. The Bertz CT molecular complexity index is 821. The van der Waals surface area contributed by atoms with Crippen molar-refractivity contribution in [3.8, 4) is 11.5 Å². The lowest BCUT2D eigenvalue weighted by Gasteiger charge is -2.08. The molecule has 1 N–H and O–H groups in total. The van der Waals surface area contributed by atoms with Crippen molar-refractivity contribution in [2.75, 3.05) is 11.1 Å². The summed E-state index contributed by atoms with van der Waals surface area (Å²) in [5.74, 6) is 1.62. The van der Waals surface area contributed by atoms with E-state index in [9.17, 15) is 4.79 Å². The second-order valence-corrected chi connectivity index (χ2v) is 7.27. The number of benzene rings is 2. The summed E-state index contributed by atoms with van der Waals surface area (Å²) in [4.78, 5) is 12.0. The lowest BCUT2D eigenvalue weighted by Crippen LogP contribution is -2.13. The number of rotatable bonds is 6. The zero-order valence-corrected chi connectivity index (χ0v) is 14.6. The van der Waals surface area contributed by atoms with Crippen LogP contribution in [-0.4, -0.2) is 21.9 Å². The minimum absolute atomic E-state index is 0.0929. The average molecular weight is 357 g/mol. The van der Waals surface area contributed by atoms with E-state index >= 15 is 0 Å². The van der Waals surface area contributed by atoms with Gasteiger partial charge in [0.2, 0.25) is 5.91 Å². The number of amides is 1. The van der Waals surface area contributed by atoms with E-state index < -0.39 is 0 Å². The van der Waals surface area contributed by atoms with Gasteiger partial charge in [0, 0.05) is 11.8 Å². The largest absolute Gasteiger partial charge is 0.457 e. The number of aromatic nitrogens is 2. The van der Waals surface area contributed by atoms with Crippen LogP contribution in [0.5, 0.6) is 11.5 Å². The van der Waals surface area contributed by atoms with Gasteiger partial charge in [-0.2, -0.15) is 0 Å². The summed E-state index contributed by atoms with van der Waals surface area (Å²) >= 11 is 2.86. The summed E-state index contributed by atoms with van der Waals surface area (Å²) in [5, 5.41) is 11.7. The van der Waals surface area contributed by atoms with Gasteiger partial charge in [-0.3, -0.25) is 4.79 Å². The van der Waals surface area contributed by atoms with Gasteiger partial charge in [0.1, 0.15) is 16.5 Å². The predicted molar refractivity (Wildman–Crippen MR) is 97.0 cm³/mol. The summed E-state index contributed by atoms with van der Waals surface area (Å²) in [6.07, 6.45) is 0. The number of ether oxygens (including phenoxy) is 1. The van der Waals surface area contributed by atoms with Gasteiger partial charge in [-0.05, 0) is 31.2 Å². The fourth-order valence-corrected chi connectivity index (χ4v) is 3.54. The summed E-state index contributed by atoms with van der Waals surface area (Å²) in [5.41, 5.74) is 0.697. The number of nitrogens with zero attached hydrogens (tertiary/aromatic N) is 2. The Hall–Kier alpha value is -2.38. The quantitative estimate of drug-likeness (QED) is 0.664. The molecular formula is C17H15N3O2S2. The molecule has 24 heavy (non-hydrogen) atoms. The molecule has 3 aromatic rings. The molecule has 5 nitrogen and oxygen atoms in total. The maximum Gasteiger partial charge on any atom is 0.234 e. The number of hydrogen-bond acceptors (Lipinski definition) is 6. The van der Waals surface area contributed by atoms with E-state index in [1.54, 1.807) is 6.07 Å². The van der Waals surface area contributed by atoms with E-state index in [0.29, 0.717) is 17.2 Å². The van der Waals surface area contributed by atoms with Gasteiger partial charge in [0.25, 0.3) is 0 Å². The molecule has 0 saturated carbocycles. The van der Waals surface area contributed by atoms with E-state index in [4.69, 9.17) is 4.74 Å². The van der Waals surface area contributed by atoms with Crippen LogP contribution in [-0.2, 0) is 4.79 Å². The van der Waals surface area contributed by atoms with Crippen molar-refractivity contribution in [1.82, 2.24) is 10.2 Å². The van der Waals surface area contributed by atoms with Crippen LogP contribution >= 0.6 is 23.1 Å². The maximum atomic E-state index is 12.0. The maximum absolute atomic E-state index is 12.0. The van der Waals surface area contributed by atoms with Crippen LogP contribution in [0.25, 0.3) is 0 Å². The Kier molecular flexibility index (Phi) is 5.45. The van der Waals surface area contributed by atoms with Crippen molar-refractivity contribution in [3.63, 3.8) is 0 Å². The third kappa shape index (κ3) is 4.81. The number of carbonyl (C=O) groups excluding carboxylic acids is 1. The molecule has 0 aliphatic rings. The van der Waals surface area contributed by atoms with Gasteiger partial charge in [0.15, 0.2) is 4.34 Å². The lowest BCUT2D eigenvalue weighted by atomic mass is 10.3. The number of anilines is 1. The first kappa shape index (κ1) is 16.5. The summed E-state index contributed by atoms with van der Waals surface area (Å²) in [6.45, 7) is 1.89. The van der Waals surface area contributed by atoms with Crippen molar-refractivity contribution in [1.29, 1.82) is 0 Å². The van der Waals surface area contributed by atoms with E-state index in [0.717, 1.165) is 15.1 Å². The molecule has 0 unspecified atom stereocenters. The van der Waals surface area contributed by atoms with Crippen molar-refractivity contribution in [2.24, 2.45) is 0 Å². The molecule has 0 aliphatic carbocycles. The smallest absolute Gasteiger partial charge is 0.234 e. The van der Waals surface area contributed by atoms with E-state index in [2.05, 4.69) is 15.5 Å². The van der Waals surface area contributed by atoms with Crippen molar-refractivity contribution < 1.29 is 9.53 Å². The highest BCUT2D eigenvalue weighted by molar-refractivity contribution is 8.01. The lowest BCUT2D eigenvalue weighted by molar-refractivity contribution is -0.113. The first-order valence-electron chi connectivity index (χ1n) is 7.25. The number of para-hydroxylation sites is 1. The fourth-order valence-electron chi connectivity index (χ4n) is 1.92. The van der Waals surface area contributed by atoms with Crippen LogP contribution in [0.2, 0.25) is 0 Å². The summed E-state index contributed by atoms with van der Waals surface area (Å²) in [7, 11) is 0. The van der Waals surface area contributed by atoms with Crippen LogP contribution in [0.3, 0.4) is 0 Å². The Balaban J connectivity index is 1.56. The number of nitrogens with one attached hydrogen (secondary N) is 1. The molecular weight excluding hydrogens is 342 g/mol. The molecule has 122 valence electrons. The topological polar surface area (TPSA) is 64.1 Å². The number of aryl methyl sites for hydroxylation is 1. The molecule has 1 heterocycles. The minimum atomic E-state index is -0.0929. The number of hydrogen-bond donors (Lipinski definition) is 1. The molecule has 0 fully saturated rings. The zero-order valence-electron chi connectivity index (χ0n) is 12.9. The van der Waals surface area contributed by atoms with Crippen molar-refractivity contribution in [3.05, 3.63) is 59.6 Å². The molecule has 3 rings (SSSR count). The van der Waals surface area contributed by atoms with Crippen LogP contribution < -0.4 is 10.1 Å². The first-order valence-corrected chi connectivity index (χ1v) is 9.05. The highest BCUT2D eigenvalue weighted by atomic mass is 32.2. The molecule has 0 bridgehead atoms. The average Bonchev–Trinajstić information content (AvgIpc) is 3.00. The molecule has 2 aromatic carbocycles. The van der Waals surface area contributed by atoms with Gasteiger partial charge >= 0.3 is 0 Å². The van der Waals surface area contributed by atoms with Crippen molar-refractivity contribution in [2.45, 2.75) is 11.3 Å². The van der Waals surface area contributed by atoms with Gasteiger partial charge in [-0.25, -0.2) is 0 Å². The number of carbonyl (C=O) groups is 1. The highest BCUT2D eigenvalue weighted by Gasteiger charge is 2.07. The van der Waals surface area contributed by atoms with Crippen molar-refractivity contribution >= 4 is 34.7 Å². The van der Waals surface area contributed by atoms with E-state index in [-0.39, 0.29) is 5.91 Å². The van der Waals surface area contributed by atoms with Crippen LogP contribution in [0.4, 0.5) is 5.69 Å².